The molecule has 126 valence electrons. The lowest BCUT2D eigenvalue weighted by Gasteiger charge is -2.13. The van der Waals surface area contributed by atoms with Crippen LogP contribution in [-0.2, 0) is 0 Å². The van der Waals surface area contributed by atoms with E-state index in [0.717, 1.165) is 26.1 Å². The van der Waals surface area contributed by atoms with Crippen LogP contribution in [-0.4, -0.2) is 24.3 Å². The molecule has 0 unspecified atom stereocenters. The molecule has 0 heterocycles. The highest BCUT2D eigenvalue weighted by Gasteiger charge is 2.24. The number of hydrogen-bond acceptors (Lipinski definition) is 2. The Hall–Kier alpha value is -1.63. The summed E-state index contributed by atoms with van der Waals surface area (Å²) in [7, 11) is 2.06. The Kier molecular flexibility index (Phi) is 5.08. The van der Waals surface area contributed by atoms with Crippen LogP contribution in [0.1, 0.15) is 24.0 Å². The lowest BCUT2D eigenvalue weighted by molar-refractivity contribution is 0.472. The second kappa shape index (κ2) is 7.09. The molecular weight excluding hydrogens is 418 g/mol. The number of nitrogens with zero attached hydrogens (tertiary/aromatic N) is 2. The van der Waals surface area contributed by atoms with Gasteiger partial charge in [-0.3, -0.25) is 0 Å². The topological polar surface area (TPSA) is 24.8 Å². The minimum atomic E-state index is -0.296. The Morgan fingerprint density at radius 3 is 2.58 bits per heavy atom. The minimum absolute atomic E-state index is 0.296. The summed E-state index contributed by atoms with van der Waals surface area (Å²) < 4.78 is 20.2. The Morgan fingerprint density at radius 2 is 1.92 bits per heavy atom. The van der Waals surface area contributed by atoms with Gasteiger partial charge in [0.1, 0.15) is 17.3 Å². The summed E-state index contributed by atoms with van der Waals surface area (Å²) in [6.45, 7) is 3.98. The van der Waals surface area contributed by atoms with E-state index >= 15 is 0 Å². The van der Waals surface area contributed by atoms with E-state index in [1.165, 1.54) is 25.0 Å². The first kappa shape index (κ1) is 17.2. The summed E-state index contributed by atoms with van der Waals surface area (Å²) in [6, 6.07) is 9.29. The van der Waals surface area contributed by atoms with Crippen LogP contribution in [0.4, 0.5) is 10.1 Å². The number of aliphatic imine (C=N–C) groups is 1. The van der Waals surface area contributed by atoms with Gasteiger partial charge >= 0.3 is 0 Å². The van der Waals surface area contributed by atoms with Crippen molar-refractivity contribution in [1.29, 1.82) is 0 Å². The van der Waals surface area contributed by atoms with Gasteiger partial charge in [-0.05, 0) is 84.7 Å². The van der Waals surface area contributed by atoms with Gasteiger partial charge in [-0.15, -0.1) is 0 Å². The van der Waals surface area contributed by atoms with E-state index in [2.05, 4.69) is 39.5 Å². The zero-order chi connectivity index (χ0) is 17.3. The lowest BCUT2D eigenvalue weighted by atomic mass is 10.1. The van der Waals surface area contributed by atoms with E-state index in [9.17, 15) is 4.39 Å². The molecule has 1 aliphatic carbocycles. The zero-order valence-corrected chi connectivity index (χ0v) is 16.2. The van der Waals surface area contributed by atoms with Crippen LogP contribution < -0.4 is 4.74 Å². The van der Waals surface area contributed by atoms with Crippen LogP contribution >= 0.6 is 22.6 Å². The van der Waals surface area contributed by atoms with Gasteiger partial charge in [0.2, 0.25) is 0 Å². The van der Waals surface area contributed by atoms with Crippen LogP contribution in [0, 0.1) is 23.2 Å². The minimum Gasteiger partial charge on any atom is -0.457 e. The van der Waals surface area contributed by atoms with Gasteiger partial charge in [0.15, 0.2) is 0 Å². The molecule has 3 rings (SSSR count). The maximum Gasteiger partial charge on any atom is 0.131 e. The maximum absolute atomic E-state index is 13.5. The first-order valence-corrected chi connectivity index (χ1v) is 9.01. The van der Waals surface area contributed by atoms with Crippen molar-refractivity contribution in [1.82, 2.24) is 4.90 Å². The first-order chi connectivity index (χ1) is 11.4. The number of benzene rings is 2. The second-order valence-electron chi connectivity index (χ2n) is 6.25. The molecule has 1 saturated carbocycles. The molecule has 0 aliphatic heterocycles. The monoisotopic (exact) mass is 438 g/mol. The van der Waals surface area contributed by atoms with Gasteiger partial charge in [0.25, 0.3) is 0 Å². The SMILES string of the molecule is Cc1cc(Oc2cc(F)cc(I)c2)c(C)cc1N=CN(C)C1CC1. The molecule has 0 spiro atoms. The average molecular weight is 438 g/mol. The zero-order valence-electron chi connectivity index (χ0n) is 14.0. The summed E-state index contributed by atoms with van der Waals surface area (Å²) in [4.78, 5) is 6.75. The molecule has 1 fully saturated rings. The first-order valence-electron chi connectivity index (χ1n) is 7.93. The quantitative estimate of drug-likeness (QED) is 0.345. The van der Waals surface area contributed by atoms with Crippen LogP contribution in [0.15, 0.2) is 35.3 Å². The van der Waals surface area contributed by atoms with Crippen LogP contribution in [0.5, 0.6) is 11.5 Å². The summed E-state index contributed by atoms with van der Waals surface area (Å²) in [5.41, 5.74) is 2.93. The van der Waals surface area contributed by atoms with Crippen LogP contribution in [0.2, 0.25) is 0 Å². The maximum atomic E-state index is 13.5. The third kappa shape index (κ3) is 4.26. The number of ether oxygens (including phenoxy) is 1. The molecule has 2 aromatic carbocycles. The van der Waals surface area contributed by atoms with E-state index in [4.69, 9.17) is 4.74 Å². The summed E-state index contributed by atoms with van der Waals surface area (Å²) in [5.74, 6) is 0.936. The highest BCUT2D eigenvalue weighted by atomic mass is 127. The van der Waals surface area contributed by atoms with Crippen molar-refractivity contribution in [2.75, 3.05) is 7.05 Å². The van der Waals surface area contributed by atoms with Gasteiger partial charge in [0, 0.05) is 22.7 Å². The third-order valence-corrected chi connectivity index (χ3v) is 4.68. The molecule has 0 aromatic heterocycles. The fourth-order valence-corrected chi connectivity index (χ4v) is 3.07. The van der Waals surface area contributed by atoms with E-state index in [1.54, 1.807) is 0 Å². The highest BCUT2D eigenvalue weighted by molar-refractivity contribution is 14.1. The number of aryl methyl sites for hydroxylation is 2. The molecule has 1 aliphatic rings. The van der Waals surface area contributed by atoms with Gasteiger partial charge in [0.05, 0.1) is 12.0 Å². The van der Waals surface area contributed by atoms with Crippen molar-refractivity contribution < 1.29 is 9.13 Å². The van der Waals surface area contributed by atoms with Crippen molar-refractivity contribution >= 4 is 34.6 Å². The normalized spacial score (nSPS) is 14.2. The van der Waals surface area contributed by atoms with E-state index < -0.39 is 0 Å². The van der Waals surface area contributed by atoms with Crippen molar-refractivity contribution in [3.05, 3.63) is 50.8 Å². The Balaban J connectivity index is 1.81. The molecule has 5 heteroatoms. The molecule has 0 saturated heterocycles. The molecule has 3 nitrogen and oxygen atoms in total. The van der Waals surface area contributed by atoms with Crippen LogP contribution in [0.25, 0.3) is 0 Å². The molecule has 0 N–H and O–H groups in total. The summed E-state index contributed by atoms with van der Waals surface area (Å²) >= 11 is 2.08. The third-order valence-electron chi connectivity index (χ3n) is 4.06. The fourth-order valence-electron chi connectivity index (χ4n) is 2.47. The molecule has 0 radical (unpaired) electrons. The standard InChI is InChI=1S/C19H20FIN2O/c1-12-7-19(24-17-9-14(20)8-15(21)10-17)13(2)6-18(12)22-11-23(3)16-4-5-16/h6-11,16H,4-5H2,1-3H3. The summed E-state index contributed by atoms with van der Waals surface area (Å²) in [6.07, 6.45) is 4.40. The van der Waals surface area contributed by atoms with Crippen molar-refractivity contribution in [3.63, 3.8) is 0 Å². The van der Waals surface area contributed by atoms with Crippen molar-refractivity contribution in [2.24, 2.45) is 4.99 Å². The number of halogens is 2. The van der Waals surface area contributed by atoms with Gasteiger partial charge < -0.3 is 9.64 Å². The predicted octanol–water partition coefficient (Wildman–Crippen LogP) is 5.59. The van der Waals surface area contributed by atoms with Crippen LogP contribution in [0.3, 0.4) is 0 Å². The lowest BCUT2D eigenvalue weighted by Crippen LogP contribution is -2.17. The van der Waals surface area contributed by atoms with Gasteiger partial charge in [-0.1, -0.05) is 0 Å². The summed E-state index contributed by atoms with van der Waals surface area (Å²) in [5, 5.41) is 0. The van der Waals surface area contributed by atoms with Gasteiger partial charge in [-0.2, -0.15) is 0 Å². The Labute approximate surface area is 155 Å². The molecular formula is C19H20FIN2O. The highest BCUT2D eigenvalue weighted by Crippen LogP contribution is 2.32. The molecule has 2 aromatic rings. The Bertz CT molecular complexity index is 767. The fraction of sp³-hybridized carbons (Fsp3) is 0.316. The largest absolute Gasteiger partial charge is 0.457 e. The van der Waals surface area contributed by atoms with Gasteiger partial charge in [-0.25, -0.2) is 9.38 Å². The predicted molar refractivity (Wildman–Crippen MR) is 104 cm³/mol. The number of hydrogen-bond donors (Lipinski definition) is 0. The molecule has 24 heavy (non-hydrogen) atoms. The smallest absolute Gasteiger partial charge is 0.131 e. The molecule has 0 atom stereocenters. The Morgan fingerprint density at radius 1 is 1.17 bits per heavy atom. The molecule has 0 amide bonds. The van der Waals surface area contributed by atoms with E-state index in [-0.39, 0.29) is 5.82 Å². The second-order valence-corrected chi connectivity index (χ2v) is 7.50. The van der Waals surface area contributed by atoms with E-state index in [0.29, 0.717) is 11.8 Å². The van der Waals surface area contributed by atoms with E-state index in [1.807, 2.05) is 38.4 Å². The van der Waals surface area contributed by atoms with Crippen molar-refractivity contribution in [2.45, 2.75) is 32.7 Å². The van der Waals surface area contributed by atoms with Crippen molar-refractivity contribution in [3.8, 4) is 11.5 Å². The average Bonchev–Trinajstić information content (AvgIpc) is 3.32. The molecule has 0 bridgehead atoms. The number of rotatable bonds is 5.